The second-order valence-electron chi connectivity index (χ2n) is 5.21. The number of nitrogens with one attached hydrogen (secondary N) is 1. The van der Waals surface area contributed by atoms with Gasteiger partial charge in [-0.2, -0.15) is 0 Å². The van der Waals surface area contributed by atoms with E-state index < -0.39 is 0 Å². The number of benzene rings is 2. The second-order valence-corrected chi connectivity index (χ2v) is 5.65. The van der Waals surface area contributed by atoms with Crippen LogP contribution < -0.4 is 10.1 Å². The number of hydrogen-bond acceptors (Lipinski definition) is 2. The lowest BCUT2D eigenvalue weighted by Gasteiger charge is -2.19. The van der Waals surface area contributed by atoms with Crippen LogP contribution >= 0.6 is 11.6 Å². The molecule has 3 heteroatoms. The average Bonchev–Trinajstić information content (AvgIpc) is 2.47. The summed E-state index contributed by atoms with van der Waals surface area (Å²) < 4.78 is 5.86. The molecule has 2 nitrogen and oxygen atoms in total. The third-order valence-corrected chi connectivity index (χ3v) is 3.57. The van der Waals surface area contributed by atoms with E-state index in [0.29, 0.717) is 12.6 Å². The van der Waals surface area contributed by atoms with Crippen LogP contribution in [0.1, 0.15) is 18.1 Å². The zero-order valence-corrected chi connectivity index (χ0v) is 13.4. The highest BCUT2D eigenvalue weighted by molar-refractivity contribution is 6.30. The molecule has 0 radical (unpaired) electrons. The number of rotatable bonds is 7. The Bertz CT molecular complexity index is 553. The molecule has 1 atom stereocenters. The first kappa shape index (κ1) is 15.9. The Labute approximate surface area is 132 Å². The van der Waals surface area contributed by atoms with Gasteiger partial charge >= 0.3 is 0 Å². The first-order valence-electron chi connectivity index (χ1n) is 7.34. The summed E-state index contributed by atoms with van der Waals surface area (Å²) in [6.07, 6.45) is 0.961. The molecule has 0 heterocycles. The van der Waals surface area contributed by atoms with Crippen molar-refractivity contribution in [1.82, 2.24) is 5.32 Å². The van der Waals surface area contributed by atoms with Crippen LogP contribution in [0.25, 0.3) is 0 Å². The van der Waals surface area contributed by atoms with Gasteiger partial charge in [-0.25, -0.2) is 0 Å². The molecule has 0 aliphatic carbocycles. The highest BCUT2D eigenvalue weighted by Gasteiger charge is 2.09. The Morgan fingerprint density at radius 2 is 1.90 bits per heavy atom. The molecule has 2 aromatic rings. The van der Waals surface area contributed by atoms with Crippen molar-refractivity contribution in [2.75, 3.05) is 13.2 Å². The van der Waals surface area contributed by atoms with Gasteiger partial charge in [0.05, 0.1) is 0 Å². The van der Waals surface area contributed by atoms with E-state index in [9.17, 15) is 0 Å². The van der Waals surface area contributed by atoms with Gasteiger partial charge < -0.3 is 10.1 Å². The Kier molecular flexibility index (Phi) is 6.09. The fraction of sp³-hybridized carbons (Fsp3) is 0.333. The van der Waals surface area contributed by atoms with Gasteiger partial charge in [0.2, 0.25) is 0 Å². The van der Waals surface area contributed by atoms with Crippen molar-refractivity contribution in [2.24, 2.45) is 0 Å². The third kappa shape index (κ3) is 5.41. The summed E-state index contributed by atoms with van der Waals surface area (Å²) in [4.78, 5) is 0. The molecule has 0 fully saturated rings. The number of halogens is 1. The van der Waals surface area contributed by atoms with E-state index in [0.717, 1.165) is 23.7 Å². The maximum absolute atomic E-state index is 5.88. The molecular weight excluding hydrogens is 282 g/mol. The second kappa shape index (κ2) is 8.06. The molecule has 1 N–H and O–H groups in total. The molecular formula is C18H22ClNO. The highest BCUT2D eigenvalue weighted by Crippen LogP contribution is 2.16. The Balaban J connectivity index is 1.93. The van der Waals surface area contributed by atoms with Crippen molar-refractivity contribution in [1.29, 1.82) is 0 Å². The van der Waals surface area contributed by atoms with Gasteiger partial charge in [-0.3, -0.25) is 0 Å². The molecule has 2 rings (SSSR count). The van der Waals surface area contributed by atoms with Crippen molar-refractivity contribution < 1.29 is 4.74 Å². The minimum absolute atomic E-state index is 0.299. The van der Waals surface area contributed by atoms with Crippen molar-refractivity contribution >= 4 is 11.6 Å². The van der Waals surface area contributed by atoms with Gasteiger partial charge in [0.1, 0.15) is 12.4 Å². The van der Waals surface area contributed by atoms with Crippen LogP contribution in [0.2, 0.25) is 5.02 Å². The van der Waals surface area contributed by atoms with Crippen LogP contribution in [0, 0.1) is 6.92 Å². The summed E-state index contributed by atoms with van der Waals surface area (Å²) in [5.74, 6) is 0.853. The minimum Gasteiger partial charge on any atom is -0.492 e. The molecule has 0 aromatic heterocycles. The largest absolute Gasteiger partial charge is 0.492 e. The predicted octanol–water partition coefficient (Wildman–Crippen LogP) is 4.25. The van der Waals surface area contributed by atoms with Gasteiger partial charge in [0, 0.05) is 11.1 Å². The van der Waals surface area contributed by atoms with Gasteiger partial charge in [0.25, 0.3) is 0 Å². The fourth-order valence-corrected chi connectivity index (χ4v) is 2.46. The number of likely N-dealkylation sites (N-methyl/N-ethyl adjacent to an activating group) is 1. The lowest BCUT2D eigenvalue weighted by Crippen LogP contribution is -2.36. The van der Waals surface area contributed by atoms with E-state index in [1.807, 2.05) is 24.3 Å². The van der Waals surface area contributed by atoms with Crippen molar-refractivity contribution in [3.63, 3.8) is 0 Å². The number of ether oxygens (including phenoxy) is 1. The SMILES string of the molecule is CCNC(COc1ccc(Cl)cc1)Cc1cccc(C)c1. The molecule has 2 aromatic carbocycles. The van der Waals surface area contributed by atoms with Crippen LogP contribution in [0.5, 0.6) is 5.75 Å². The number of hydrogen-bond donors (Lipinski definition) is 1. The van der Waals surface area contributed by atoms with Crippen molar-refractivity contribution in [3.05, 3.63) is 64.7 Å². The molecule has 0 saturated carbocycles. The molecule has 112 valence electrons. The standard InChI is InChI=1S/C18H22ClNO/c1-3-20-17(12-15-6-4-5-14(2)11-15)13-21-18-9-7-16(19)8-10-18/h4-11,17,20H,3,12-13H2,1-2H3. The Morgan fingerprint density at radius 1 is 1.14 bits per heavy atom. The first-order chi connectivity index (χ1) is 10.2. The topological polar surface area (TPSA) is 21.3 Å². The lowest BCUT2D eigenvalue weighted by molar-refractivity contribution is 0.265. The van der Waals surface area contributed by atoms with E-state index in [1.165, 1.54) is 11.1 Å². The molecule has 0 aliphatic heterocycles. The zero-order chi connectivity index (χ0) is 15.1. The average molecular weight is 304 g/mol. The fourth-order valence-electron chi connectivity index (χ4n) is 2.33. The van der Waals surface area contributed by atoms with E-state index in [2.05, 4.69) is 43.4 Å². The van der Waals surface area contributed by atoms with Gasteiger partial charge in [-0.1, -0.05) is 48.4 Å². The predicted molar refractivity (Wildman–Crippen MR) is 89.3 cm³/mol. The Hall–Kier alpha value is -1.51. The molecule has 0 bridgehead atoms. The van der Waals surface area contributed by atoms with Gasteiger partial charge in [-0.15, -0.1) is 0 Å². The van der Waals surface area contributed by atoms with Crippen LogP contribution in [-0.2, 0) is 6.42 Å². The van der Waals surface area contributed by atoms with Crippen LogP contribution in [0.15, 0.2) is 48.5 Å². The van der Waals surface area contributed by atoms with Crippen LogP contribution in [0.4, 0.5) is 0 Å². The van der Waals surface area contributed by atoms with E-state index >= 15 is 0 Å². The van der Waals surface area contributed by atoms with Crippen LogP contribution in [0.3, 0.4) is 0 Å². The van der Waals surface area contributed by atoms with Gasteiger partial charge in [0.15, 0.2) is 0 Å². The third-order valence-electron chi connectivity index (χ3n) is 3.32. The summed E-state index contributed by atoms with van der Waals surface area (Å²) in [6, 6.07) is 16.4. The quantitative estimate of drug-likeness (QED) is 0.825. The summed E-state index contributed by atoms with van der Waals surface area (Å²) in [5.41, 5.74) is 2.63. The highest BCUT2D eigenvalue weighted by atomic mass is 35.5. The molecule has 1 unspecified atom stereocenters. The van der Waals surface area contributed by atoms with E-state index in [-0.39, 0.29) is 0 Å². The number of aryl methyl sites for hydroxylation is 1. The molecule has 0 saturated heterocycles. The molecule has 0 amide bonds. The normalized spacial score (nSPS) is 12.1. The van der Waals surface area contributed by atoms with E-state index in [1.54, 1.807) is 0 Å². The monoisotopic (exact) mass is 303 g/mol. The van der Waals surface area contributed by atoms with Crippen LogP contribution in [-0.4, -0.2) is 19.2 Å². The summed E-state index contributed by atoms with van der Waals surface area (Å²) in [5, 5.41) is 4.21. The maximum atomic E-state index is 5.88. The first-order valence-corrected chi connectivity index (χ1v) is 7.72. The lowest BCUT2D eigenvalue weighted by atomic mass is 10.0. The smallest absolute Gasteiger partial charge is 0.119 e. The zero-order valence-electron chi connectivity index (χ0n) is 12.6. The minimum atomic E-state index is 0.299. The maximum Gasteiger partial charge on any atom is 0.119 e. The van der Waals surface area contributed by atoms with Crippen molar-refractivity contribution in [2.45, 2.75) is 26.3 Å². The van der Waals surface area contributed by atoms with Crippen molar-refractivity contribution in [3.8, 4) is 5.75 Å². The molecule has 21 heavy (non-hydrogen) atoms. The van der Waals surface area contributed by atoms with E-state index in [4.69, 9.17) is 16.3 Å². The molecule has 0 aliphatic rings. The van der Waals surface area contributed by atoms with Gasteiger partial charge in [-0.05, 0) is 49.7 Å². The summed E-state index contributed by atoms with van der Waals surface area (Å²) in [7, 11) is 0. The summed E-state index contributed by atoms with van der Waals surface area (Å²) in [6.45, 7) is 5.81. The Morgan fingerprint density at radius 3 is 2.57 bits per heavy atom. The summed E-state index contributed by atoms with van der Waals surface area (Å²) >= 11 is 5.88. The molecule has 0 spiro atoms.